The van der Waals surface area contributed by atoms with E-state index in [9.17, 15) is 40.4 Å². The van der Waals surface area contributed by atoms with Gasteiger partial charge in [-0.2, -0.15) is 18.4 Å². The SMILES string of the molecule is CCCS(=O)(=O)c1cc(CC)cc(-c2ccc(-c3cc(C(F)(F)F)c(C#N)c(=O)n3Cc3ccc(F)cc3F)s2)c1. The van der Waals surface area contributed by atoms with Crippen molar-refractivity contribution in [3.8, 4) is 27.1 Å². The minimum atomic E-state index is -5.03. The Bertz CT molecular complexity index is 1830. The molecule has 0 spiro atoms. The van der Waals surface area contributed by atoms with E-state index in [1.165, 1.54) is 18.2 Å². The summed E-state index contributed by atoms with van der Waals surface area (Å²) in [7, 11) is -3.56. The number of aryl methyl sites for hydroxylation is 1. The molecule has 0 aliphatic rings. The zero-order valence-corrected chi connectivity index (χ0v) is 23.5. The number of nitriles is 1. The fraction of sp³-hybridized carbons (Fsp3) is 0.241. The van der Waals surface area contributed by atoms with Gasteiger partial charge in [-0.1, -0.05) is 26.0 Å². The molecule has 0 unspecified atom stereocenters. The fourth-order valence-corrected chi connectivity index (χ4v) is 6.79. The van der Waals surface area contributed by atoms with E-state index in [1.807, 2.05) is 6.92 Å². The number of rotatable bonds is 8. The molecule has 4 rings (SSSR count). The second-order valence-corrected chi connectivity index (χ2v) is 12.4. The van der Waals surface area contributed by atoms with Gasteiger partial charge < -0.3 is 4.57 Å². The van der Waals surface area contributed by atoms with Crippen LogP contribution >= 0.6 is 11.3 Å². The van der Waals surface area contributed by atoms with Crippen molar-refractivity contribution in [1.29, 1.82) is 5.26 Å². The van der Waals surface area contributed by atoms with Gasteiger partial charge in [0.05, 0.1) is 33.3 Å². The maximum absolute atomic E-state index is 14.5. The first-order valence-corrected chi connectivity index (χ1v) is 14.9. The predicted molar refractivity (Wildman–Crippen MR) is 146 cm³/mol. The molecule has 4 aromatic rings. The van der Waals surface area contributed by atoms with Crippen LogP contribution in [-0.2, 0) is 29.0 Å². The molecule has 0 fully saturated rings. The van der Waals surface area contributed by atoms with Crippen LogP contribution < -0.4 is 5.56 Å². The van der Waals surface area contributed by atoms with Crippen LogP contribution in [0, 0.1) is 23.0 Å². The molecule has 0 aliphatic carbocycles. The monoisotopic (exact) mass is 606 g/mol. The summed E-state index contributed by atoms with van der Waals surface area (Å²) in [5.74, 6) is -1.93. The number of alkyl halides is 3. The summed E-state index contributed by atoms with van der Waals surface area (Å²) in [6, 6.07) is 12.5. The normalized spacial score (nSPS) is 12.0. The van der Waals surface area contributed by atoms with E-state index in [4.69, 9.17) is 0 Å². The number of pyridine rings is 1. The molecule has 214 valence electrons. The average molecular weight is 607 g/mol. The number of nitrogens with zero attached hydrogens (tertiary/aromatic N) is 2. The van der Waals surface area contributed by atoms with E-state index >= 15 is 0 Å². The van der Waals surface area contributed by atoms with E-state index in [0.29, 0.717) is 35.4 Å². The van der Waals surface area contributed by atoms with Crippen LogP contribution in [0.3, 0.4) is 0 Å². The second kappa shape index (κ2) is 11.6. The lowest BCUT2D eigenvalue weighted by atomic mass is 10.1. The Balaban J connectivity index is 1.93. The largest absolute Gasteiger partial charge is 0.417 e. The number of thiophene rings is 1. The summed E-state index contributed by atoms with van der Waals surface area (Å²) in [5, 5.41) is 9.40. The van der Waals surface area contributed by atoms with E-state index < -0.39 is 50.9 Å². The van der Waals surface area contributed by atoms with Crippen molar-refractivity contribution in [2.45, 2.75) is 44.3 Å². The van der Waals surface area contributed by atoms with Gasteiger partial charge in [0, 0.05) is 16.5 Å². The molecule has 0 saturated carbocycles. The average Bonchev–Trinajstić information content (AvgIpc) is 3.40. The molecule has 0 bridgehead atoms. The molecule has 0 N–H and O–H groups in total. The van der Waals surface area contributed by atoms with Gasteiger partial charge in [-0.3, -0.25) is 4.79 Å². The summed E-state index contributed by atoms with van der Waals surface area (Å²) in [5.41, 5.74) is -3.00. The molecule has 0 amide bonds. The van der Waals surface area contributed by atoms with Gasteiger partial charge in [0.15, 0.2) is 9.84 Å². The third-order valence-electron chi connectivity index (χ3n) is 6.41. The van der Waals surface area contributed by atoms with E-state index in [2.05, 4.69) is 0 Å². The van der Waals surface area contributed by atoms with Crippen molar-refractivity contribution < 1.29 is 30.4 Å². The Labute approximate surface area is 237 Å². The molecule has 12 heteroatoms. The van der Waals surface area contributed by atoms with Crippen LogP contribution in [0.25, 0.3) is 21.0 Å². The van der Waals surface area contributed by atoms with E-state index in [-0.39, 0.29) is 26.8 Å². The minimum absolute atomic E-state index is 0.0486. The molecule has 41 heavy (non-hydrogen) atoms. The lowest BCUT2D eigenvalue weighted by molar-refractivity contribution is -0.137. The van der Waals surface area contributed by atoms with Crippen molar-refractivity contribution in [3.63, 3.8) is 0 Å². The maximum Gasteiger partial charge on any atom is 0.417 e. The van der Waals surface area contributed by atoms with Gasteiger partial charge in [0.1, 0.15) is 23.3 Å². The van der Waals surface area contributed by atoms with E-state index in [1.54, 1.807) is 25.1 Å². The number of benzene rings is 2. The van der Waals surface area contributed by atoms with Crippen molar-refractivity contribution in [3.05, 3.63) is 98.8 Å². The van der Waals surface area contributed by atoms with Crippen LogP contribution in [0.15, 0.2) is 64.3 Å². The third-order valence-corrected chi connectivity index (χ3v) is 9.47. The minimum Gasteiger partial charge on any atom is -0.302 e. The molecular weight excluding hydrogens is 583 g/mol. The molecule has 0 saturated heterocycles. The lowest BCUT2D eigenvalue weighted by Gasteiger charge is -2.17. The van der Waals surface area contributed by atoms with Gasteiger partial charge in [-0.15, -0.1) is 11.3 Å². The Morgan fingerprint density at radius 3 is 2.29 bits per heavy atom. The Morgan fingerprint density at radius 2 is 1.68 bits per heavy atom. The first-order chi connectivity index (χ1) is 19.3. The van der Waals surface area contributed by atoms with Crippen LogP contribution in [0.5, 0.6) is 0 Å². The molecule has 2 heterocycles. The molecule has 5 nitrogen and oxygen atoms in total. The Kier molecular flexibility index (Phi) is 8.52. The molecule has 2 aromatic carbocycles. The molecular formula is C29H23F5N2O3S2. The van der Waals surface area contributed by atoms with Crippen molar-refractivity contribution in [2.24, 2.45) is 0 Å². The van der Waals surface area contributed by atoms with Crippen molar-refractivity contribution in [2.75, 3.05) is 5.75 Å². The number of aromatic nitrogens is 1. The van der Waals surface area contributed by atoms with Gasteiger partial charge in [-0.05, 0) is 60.4 Å². The summed E-state index contributed by atoms with van der Waals surface area (Å²) < 4.78 is 96.1. The van der Waals surface area contributed by atoms with Crippen LogP contribution in [-0.4, -0.2) is 18.7 Å². The van der Waals surface area contributed by atoms with Crippen LogP contribution in [0.2, 0.25) is 0 Å². The van der Waals surface area contributed by atoms with Crippen LogP contribution in [0.1, 0.15) is 42.5 Å². The first-order valence-electron chi connectivity index (χ1n) is 12.4. The highest BCUT2D eigenvalue weighted by atomic mass is 32.2. The highest BCUT2D eigenvalue weighted by molar-refractivity contribution is 7.91. The topological polar surface area (TPSA) is 79.9 Å². The molecule has 0 radical (unpaired) electrons. The van der Waals surface area contributed by atoms with Crippen LogP contribution in [0.4, 0.5) is 22.0 Å². The third kappa shape index (κ3) is 6.26. The van der Waals surface area contributed by atoms with Crippen molar-refractivity contribution >= 4 is 21.2 Å². The highest BCUT2D eigenvalue weighted by Crippen LogP contribution is 2.39. The van der Waals surface area contributed by atoms with Gasteiger partial charge in [0.25, 0.3) is 5.56 Å². The maximum atomic E-state index is 14.5. The first kappa shape index (κ1) is 30.1. The summed E-state index contributed by atoms with van der Waals surface area (Å²) >= 11 is 1.01. The second-order valence-electron chi connectivity index (χ2n) is 9.26. The highest BCUT2D eigenvalue weighted by Gasteiger charge is 2.37. The number of hydrogen-bond acceptors (Lipinski definition) is 5. The predicted octanol–water partition coefficient (Wildman–Crippen LogP) is 7.21. The Morgan fingerprint density at radius 1 is 0.976 bits per heavy atom. The lowest BCUT2D eigenvalue weighted by Crippen LogP contribution is -2.28. The summed E-state index contributed by atoms with van der Waals surface area (Å²) in [4.78, 5) is 14.0. The summed E-state index contributed by atoms with van der Waals surface area (Å²) in [6.07, 6.45) is -4.07. The number of halogens is 5. The zero-order valence-electron chi connectivity index (χ0n) is 21.9. The van der Waals surface area contributed by atoms with Gasteiger partial charge in [-0.25, -0.2) is 17.2 Å². The zero-order chi connectivity index (χ0) is 30.1. The standard InChI is InChI=1S/C29H23F5N2O3S2/c1-3-9-41(38,39)21-11-17(4-2)10-19(12-21)26-7-8-27(40-26)25-14-23(29(32,33)34)22(15-35)28(37)36(25)16-18-5-6-20(30)13-24(18)31/h5-8,10-14H,3-4,9,16H2,1-2H3. The summed E-state index contributed by atoms with van der Waals surface area (Å²) in [6.45, 7) is 3.04. The Hall–Kier alpha value is -3.82. The van der Waals surface area contributed by atoms with Gasteiger partial charge >= 0.3 is 6.18 Å². The fourth-order valence-electron chi connectivity index (χ4n) is 4.36. The molecule has 0 atom stereocenters. The number of hydrogen-bond donors (Lipinski definition) is 0. The van der Waals surface area contributed by atoms with Gasteiger partial charge in [0.2, 0.25) is 0 Å². The molecule has 2 aromatic heterocycles. The van der Waals surface area contributed by atoms with E-state index in [0.717, 1.165) is 33.6 Å². The number of sulfone groups is 1. The molecule has 0 aliphatic heterocycles. The van der Waals surface area contributed by atoms with Crippen molar-refractivity contribution in [1.82, 2.24) is 4.57 Å². The smallest absolute Gasteiger partial charge is 0.302 e. The quantitative estimate of drug-likeness (QED) is 0.199.